The molecule has 7 heteroatoms. The third-order valence-electron chi connectivity index (χ3n) is 3.84. The lowest BCUT2D eigenvalue weighted by Gasteiger charge is -2.20. The van der Waals surface area contributed by atoms with Crippen molar-refractivity contribution in [2.45, 2.75) is 19.9 Å². The molecule has 0 bridgehead atoms. The van der Waals surface area contributed by atoms with Gasteiger partial charge in [0.1, 0.15) is 11.8 Å². The Balaban J connectivity index is 2.00. The summed E-state index contributed by atoms with van der Waals surface area (Å²) in [6.45, 7) is 3.72. The summed E-state index contributed by atoms with van der Waals surface area (Å²) in [4.78, 5) is 24.8. The Morgan fingerprint density at radius 3 is 2.44 bits per heavy atom. The number of carbonyl (C=O) groups is 2. The first-order valence-electron chi connectivity index (χ1n) is 8.44. The standard InChI is InChI=1S/C20H22BrN3O3/c1-13(2)18(23-19(25)15-7-5-4-6-8-15)20(26)24-22-12-14-9-10-17(27-3)16(21)11-14/h4-13,18H,1-3H3,(H,23,25)(H,24,26)/b22-12+. The van der Waals surface area contributed by atoms with Crippen LogP contribution < -0.4 is 15.5 Å². The molecule has 2 rings (SSSR count). The first-order valence-corrected chi connectivity index (χ1v) is 9.24. The van der Waals surface area contributed by atoms with Crippen LogP contribution in [0.5, 0.6) is 5.75 Å². The van der Waals surface area contributed by atoms with Gasteiger partial charge in [0.25, 0.3) is 11.8 Å². The number of hydrogen-bond donors (Lipinski definition) is 2. The van der Waals surface area contributed by atoms with E-state index in [0.717, 1.165) is 10.0 Å². The second-order valence-electron chi connectivity index (χ2n) is 6.19. The number of hydrogen-bond acceptors (Lipinski definition) is 4. The summed E-state index contributed by atoms with van der Waals surface area (Å²) >= 11 is 3.40. The van der Waals surface area contributed by atoms with E-state index in [-0.39, 0.29) is 17.7 Å². The average molecular weight is 432 g/mol. The molecular weight excluding hydrogens is 410 g/mol. The van der Waals surface area contributed by atoms with Crippen molar-refractivity contribution >= 4 is 34.0 Å². The summed E-state index contributed by atoms with van der Waals surface area (Å²) in [7, 11) is 1.59. The van der Waals surface area contributed by atoms with E-state index in [2.05, 4.69) is 31.8 Å². The predicted octanol–water partition coefficient (Wildman–Crippen LogP) is 3.36. The van der Waals surface area contributed by atoms with Crippen LogP contribution in [0.1, 0.15) is 29.8 Å². The van der Waals surface area contributed by atoms with E-state index in [0.29, 0.717) is 11.3 Å². The molecule has 27 heavy (non-hydrogen) atoms. The number of amides is 2. The Bertz CT molecular complexity index is 822. The second-order valence-corrected chi connectivity index (χ2v) is 7.04. The van der Waals surface area contributed by atoms with Gasteiger partial charge in [0.15, 0.2) is 0 Å². The smallest absolute Gasteiger partial charge is 0.262 e. The fourth-order valence-corrected chi connectivity index (χ4v) is 2.91. The number of benzene rings is 2. The third-order valence-corrected chi connectivity index (χ3v) is 4.46. The molecule has 0 spiro atoms. The molecule has 2 amide bonds. The van der Waals surface area contributed by atoms with Crippen LogP contribution >= 0.6 is 15.9 Å². The Hall–Kier alpha value is -2.67. The van der Waals surface area contributed by atoms with Crippen molar-refractivity contribution in [1.82, 2.24) is 10.7 Å². The molecule has 1 unspecified atom stereocenters. The van der Waals surface area contributed by atoms with Crippen molar-refractivity contribution in [3.05, 3.63) is 64.1 Å². The van der Waals surface area contributed by atoms with Crippen LogP contribution in [0.15, 0.2) is 58.1 Å². The first-order chi connectivity index (χ1) is 12.9. The van der Waals surface area contributed by atoms with Crippen molar-refractivity contribution in [3.63, 3.8) is 0 Å². The van der Waals surface area contributed by atoms with E-state index in [1.165, 1.54) is 6.21 Å². The molecule has 2 aromatic rings. The van der Waals surface area contributed by atoms with Crippen LogP contribution in [0.2, 0.25) is 0 Å². The highest BCUT2D eigenvalue weighted by Crippen LogP contribution is 2.24. The summed E-state index contributed by atoms with van der Waals surface area (Å²) in [6, 6.07) is 13.5. The number of hydrazone groups is 1. The molecule has 0 aliphatic heterocycles. The van der Waals surface area contributed by atoms with Crippen LogP contribution in [-0.2, 0) is 4.79 Å². The van der Waals surface area contributed by atoms with Gasteiger partial charge in [0.2, 0.25) is 0 Å². The molecule has 0 aromatic heterocycles. The highest BCUT2D eigenvalue weighted by Gasteiger charge is 2.24. The van der Waals surface area contributed by atoms with E-state index in [1.807, 2.05) is 32.0 Å². The van der Waals surface area contributed by atoms with Crippen molar-refractivity contribution < 1.29 is 14.3 Å². The van der Waals surface area contributed by atoms with Gasteiger partial charge in [-0.25, -0.2) is 5.43 Å². The van der Waals surface area contributed by atoms with E-state index < -0.39 is 6.04 Å². The number of rotatable bonds is 7. The number of carbonyl (C=O) groups excluding carboxylic acids is 2. The van der Waals surface area contributed by atoms with Gasteiger partial charge in [-0.15, -0.1) is 0 Å². The van der Waals surface area contributed by atoms with Crippen LogP contribution in [0.4, 0.5) is 0 Å². The van der Waals surface area contributed by atoms with Crippen LogP contribution in [0.25, 0.3) is 0 Å². The van der Waals surface area contributed by atoms with Crippen molar-refractivity contribution in [3.8, 4) is 5.75 Å². The molecule has 0 aliphatic rings. The topological polar surface area (TPSA) is 79.8 Å². The summed E-state index contributed by atoms with van der Waals surface area (Å²) < 4.78 is 5.96. The fraction of sp³-hybridized carbons (Fsp3) is 0.250. The lowest BCUT2D eigenvalue weighted by molar-refractivity contribution is -0.123. The Morgan fingerprint density at radius 2 is 1.85 bits per heavy atom. The minimum atomic E-state index is -0.697. The van der Waals surface area contributed by atoms with Crippen LogP contribution in [0, 0.1) is 5.92 Å². The number of ether oxygens (including phenoxy) is 1. The number of halogens is 1. The zero-order chi connectivity index (χ0) is 19.8. The normalized spacial score (nSPS) is 12.0. The Morgan fingerprint density at radius 1 is 1.15 bits per heavy atom. The number of methoxy groups -OCH3 is 1. The van der Waals surface area contributed by atoms with E-state index in [1.54, 1.807) is 37.4 Å². The van der Waals surface area contributed by atoms with Crippen LogP contribution in [0.3, 0.4) is 0 Å². The predicted molar refractivity (Wildman–Crippen MR) is 109 cm³/mol. The molecule has 0 aliphatic carbocycles. The SMILES string of the molecule is COc1ccc(/C=N/NC(=O)C(NC(=O)c2ccccc2)C(C)C)cc1Br. The quantitative estimate of drug-likeness (QED) is 0.520. The zero-order valence-electron chi connectivity index (χ0n) is 15.4. The highest BCUT2D eigenvalue weighted by molar-refractivity contribution is 9.10. The summed E-state index contributed by atoms with van der Waals surface area (Å²) in [6.07, 6.45) is 1.53. The summed E-state index contributed by atoms with van der Waals surface area (Å²) in [5.41, 5.74) is 3.78. The van der Waals surface area contributed by atoms with E-state index in [9.17, 15) is 9.59 Å². The second kappa shape index (κ2) is 9.87. The molecule has 2 aromatic carbocycles. The maximum atomic E-state index is 12.4. The minimum absolute atomic E-state index is 0.0945. The molecule has 0 saturated heterocycles. The molecule has 0 radical (unpaired) electrons. The van der Waals surface area contributed by atoms with Crippen molar-refractivity contribution in [1.29, 1.82) is 0 Å². The summed E-state index contributed by atoms with van der Waals surface area (Å²) in [5.74, 6) is -0.0618. The third kappa shape index (κ3) is 5.92. The zero-order valence-corrected chi connectivity index (χ0v) is 17.0. The van der Waals surface area contributed by atoms with Gasteiger partial charge in [0, 0.05) is 5.56 Å². The molecule has 1 atom stereocenters. The van der Waals surface area contributed by atoms with E-state index >= 15 is 0 Å². The Kier molecular flexibility index (Phi) is 7.55. The fourth-order valence-electron chi connectivity index (χ4n) is 2.35. The van der Waals surface area contributed by atoms with E-state index in [4.69, 9.17) is 4.74 Å². The van der Waals surface area contributed by atoms with Gasteiger partial charge >= 0.3 is 0 Å². The van der Waals surface area contributed by atoms with Crippen molar-refractivity contribution in [2.24, 2.45) is 11.0 Å². The van der Waals surface area contributed by atoms with Gasteiger partial charge in [-0.2, -0.15) is 5.10 Å². The van der Waals surface area contributed by atoms with Gasteiger partial charge < -0.3 is 10.1 Å². The summed E-state index contributed by atoms with van der Waals surface area (Å²) in [5, 5.41) is 6.74. The number of nitrogens with zero attached hydrogens (tertiary/aromatic N) is 1. The molecule has 0 saturated carbocycles. The van der Waals surface area contributed by atoms with Gasteiger partial charge in [0.05, 0.1) is 17.8 Å². The van der Waals surface area contributed by atoms with Crippen molar-refractivity contribution in [2.75, 3.05) is 7.11 Å². The lowest BCUT2D eigenvalue weighted by atomic mass is 10.0. The number of nitrogens with one attached hydrogen (secondary N) is 2. The average Bonchev–Trinajstić information content (AvgIpc) is 2.66. The molecular formula is C20H22BrN3O3. The first kappa shape index (κ1) is 20.6. The van der Waals surface area contributed by atoms with Gasteiger partial charge in [-0.05, 0) is 57.7 Å². The maximum absolute atomic E-state index is 12.4. The monoisotopic (exact) mass is 431 g/mol. The molecule has 2 N–H and O–H groups in total. The largest absolute Gasteiger partial charge is 0.496 e. The molecule has 0 fully saturated rings. The molecule has 6 nitrogen and oxygen atoms in total. The Labute approximate surface area is 167 Å². The van der Waals surface area contributed by atoms with Crippen LogP contribution in [-0.4, -0.2) is 31.2 Å². The van der Waals surface area contributed by atoms with Gasteiger partial charge in [-0.3, -0.25) is 9.59 Å². The minimum Gasteiger partial charge on any atom is -0.496 e. The molecule has 142 valence electrons. The van der Waals surface area contributed by atoms with Gasteiger partial charge in [-0.1, -0.05) is 32.0 Å². The maximum Gasteiger partial charge on any atom is 0.262 e. The lowest BCUT2D eigenvalue weighted by Crippen LogP contribution is -2.48. The molecule has 0 heterocycles. The highest BCUT2D eigenvalue weighted by atomic mass is 79.9.